The number of halogens is 6. The smallest absolute Gasteiger partial charge is 0.210 e. The van der Waals surface area contributed by atoms with Crippen molar-refractivity contribution in [2.75, 3.05) is 0 Å². The van der Waals surface area contributed by atoms with Crippen LogP contribution in [0.3, 0.4) is 0 Å². The normalized spacial score (nSPS) is 19.3. The van der Waals surface area contributed by atoms with E-state index in [1.165, 1.54) is 0 Å². The second kappa shape index (κ2) is 3.42. The zero-order chi connectivity index (χ0) is 7.65. The Morgan fingerprint density at radius 1 is 1.00 bits per heavy atom. The summed E-state index contributed by atoms with van der Waals surface area (Å²) in [6.07, 6.45) is 0. The fraction of sp³-hybridized carbons (Fsp3) is 1.00. The molecule has 6 heteroatoms. The van der Waals surface area contributed by atoms with Gasteiger partial charge < -0.3 is 0 Å². The zero-order valence-electron chi connectivity index (χ0n) is 3.92. The standard InChI is InChI=1S/C3H2Cl4F2/c4-1(8)3(6,7)2(5)9/h1-2H. The van der Waals surface area contributed by atoms with Crippen molar-refractivity contribution in [3.63, 3.8) is 0 Å². The summed E-state index contributed by atoms with van der Waals surface area (Å²) < 4.78 is 21.5. The van der Waals surface area contributed by atoms with Crippen LogP contribution in [0.25, 0.3) is 0 Å². The van der Waals surface area contributed by atoms with Gasteiger partial charge in [-0.3, -0.25) is 0 Å². The first-order valence-electron chi connectivity index (χ1n) is 1.83. The first kappa shape index (κ1) is 10.0. The highest BCUT2D eigenvalue weighted by Crippen LogP contribution is 2.37. The molecule has 9 heavy (non-hydrogen) atoms. The van der Waals surface area contributed by atoms with Gasteiger partial charge >= 0.3 is 0 Å². The molecule has 0 rings (SSSR count). The lowest BCUT2D eigenvalue weighted by atomic mass is 10.5. The largest absolute Gasteiger partial charge is 0.226 e. The Bertz CT molecular complexity index is 81.8. The predicted octanol–water partition coefficient (Wildman–Crippen LogP) is 3.23. The molecular formula is C3H2Cl4F2. The van der Waals surface area contributed by atoms with E-state index in [-0.39, 0.29) is 0 Å². The molecule has 2 unspecified atom stereocenters. The Labute approximate surface area is 71.0 Å². The van der Waals surface area contributed by atoms with Crippen molar-refractivity contribution < 1.29 is 8.78 Å². The highest BCUT2D eigenvalue weighted by atomic mass is 35.5. The van der Waals surface area contributed by atoms with Crippen LogP contribution in [0.4, 0.5) is 8.78 Å². The maximum Gasteiger partial charge on any atom is 0.210 e. The number of alkyl halides is 6. The van der Waals surface area contributed by atoms with Crippen molar-refractivity contribution in [2.24, 2.45) is 0 Å². The summed E-state index contributed by atoms with van der Waals surface area (Å²) in [5.41, 5.74) is -4.43. The van der Waals surface area contributed by atoms with Gasteiger partial charge in [0.25, 0.3) is 0 Å². The van der Waals surface area contributed by atoms with Crippen molar-refractivity contribution in [3.05, 3.63) is 0 Å². The summed E-state index contributed by atoms with van der Waals surface area (Å²) in [6, 6.07) is 0. The summed E-state index contributed by atoms with van der Waals surface area (Å²) in [5.74, 6) is 0. The van der Waals surface area contributed by atoms with E-state index in [1.807, 2.05) is 0 Å². The van der Waals surface area contributed by atoms with Crippen molar-refractivity contribution in [1.29, 1.82) is 0 Å². The van der Waals surface area contributed by atoms with E-state index in [1.54, 1.807) is 0 Å². The minimum atomic E-state index is -2.36. The predicted molar refractivity (Wildman–Crippen MR) is 35.9 cm³/mol. The van der Waals surface area contributed by atoms with Crippen LogP contribution in [0.2, 0.25) is 0 Å². The molecule has 0 N–H and O–H groups in total. The average molecular weight is 218 g/mol. The van der Waals surface area contributed by atoms with Crippen LogP contribution in [-0.4, -0.2) is 15.6 Å². The topological polar surface area (TPSA) is 0 Å². The van der Waals surface area contributed by atoms with Crippen molar-refractivity contribution in [3.8, 4) is 0 Å². The number of rotatable bonds is 2. The van der Waals surface area contributed by atoms with Gasteiger partial charge in [-0.15, -0.1) is 0 Å². The van der Waals surface area contributed by atoms with Gasteiger partial charge in [0.1, 0.15) is 0 Å². The SMILES string of the molecule is FC(Cl)C(Cl)(Cl)C(F)Cl. The lowest BCUT2D eigenvalue weighted by molar-refractivity contribution is 0.316. The molecule has 0 fully saturated rings. The van der Waals surface area contributed by atoms with Gasteiger partial charge in [-0.05, 0) is 0 Å². The number of hydrogen-bond donors (Lipinski definition) is 0. The van der Waals surface area contributed by atoms with E-state index >= 15 is 0 Å². The maximum atomic E-state index is 11.9. The molecule has 0 nitrogen and oxygen atoms in total. The van der Waals surface area contributed by atoms with Crippen LogP contribution in [0, 0.1) is 0 Å². The minimum absolute atomic E-state index is 2.21. The Balaban J connectivity index is 4.01. The fourth-order valence-electron chi connectivity index (χ4n) is 0.0952. The van der Waals surface area contributed by atoms with Gasteiger partial charge in [-0.1, -0.05) is 46.4 Å². The third-order valence-corrected chi connectivity index (χ3v) is 2.48. The third-order valence-electron chi connectivity index (χ3n) is 0.582. The maximum absolute atomic E-state index is 11.9. The van der Waals surface area contributed by atoms with Crippen molar-refractivity contribution >= 4 is 46.4 Å². The van der Waals surface area contributed by atoms with Crippen molar-refractivity contribution in [2.45, 2.75) is 15.6 Å². The van der Waals surface area contributed by atoms with Gasteiger partial charge in [0.05, 0.1) is 0 Å². The molecule has 0 spiro atoms. The van der Waals surface area contributed by atoms with Crippen LogP contribution < -0.4 is 0 Å². The molecule has 0 saturated carbocycles. The molecule has 0 aliphatic rings. The summed E-state index contributed by atoms with van der Waals surface area (Å²) in [6.45, 7) is 0. The lowest BCUT2D eigenvalue weighted by Crippen LogP contribution is -2.30. The number of hydrogen-bond acceptors (Lipinski definition) is 0. The highest BCUT2D eigenvalue weighted by molar-refractivity contribution is 6.55. The molecule has 0 aliphatic heterocycles. The Morgan fingerprint density at radius 3 is 1.22 bits per heavy atom. The van der Waals surface area contributed by atoms with E-state index < -0.39 is 15.6 Å². The molecule has 0 aromatic rings. The molecule has 0 aromatic carbocycles. The summed E-state index contributed by atoms with van der Waals surface area (Å²) in [5, 5.41) is 0. The van der Waals surface area contributed by atoms with Gasteiger partial charge in [-0.2, -0.15) is 0 Å². The Kier molecular flexibility index (Phi) is 3.81. The summed E-state index contributed by atoms with van der Waals surface area (Å²) in [7, 11) is 0. The van der Waals surface area contributed by atoms with E-state index in [2.05, 4.69) is 0 Å². The van der Waals surface area contributed by atoms with Crippen LogP contribution in [0.15, 0.2) is 0 Å². The molecule has 0 radical (unpaired) electrons. The van der Waals surface area contributed by atoms with E-state index in [0.717, 1.165) is 0 Å². The van der Waals surface area contributed by atoms with Crippen LogP contribution in [0.1, 0.15) is 0 Å². The molecule has 0 aliphatic carbocycles. The zero-order valence-corrected chi connectivity index (χ0v) is 6.95. The molecule has 0 amide bonds. The molecule has 2 atom stereocenters. The average Bonchev–Trinajstić information content (AvgIpc) is 1.65. The summed E-state index contributed by atoms with van der Waals surface area (Å²) in [4.78, 5) is 0. The fourth-order valence-corrected chi connectivity index (χ4v) is 0.381. The van der Waals surface area contributed by atoms with Gasteiger partial charge in [0.15, 0.2) is 0 Å². The van der Waals surface area contributed by atoms with Gasteiger partial charge in [0.2, 0.25) is 15.6 Å². The second-order valence-electron chi connectivity index (χ2n) is 1.28. The quantitative estimate of drug-likeness (QED) is 0.624. The van der Waals surface area contributed by atoms with E-state index in [9.17, 15) is 8.78 Å². The molecule has 0 heterocycles. The van der Waals surface area contributed by atoms with Crippen LogP contribution in [-0.2, 0) is 0 Å². The van der Waals surface area contributed by atoms with Gasteiger partial charge in [-0.25, -0.2) is 8.78 Å². The molecule has 0 saturated heterocycles. The lowest BCUT2D eigenvalue weighted by Gasteiger charge is -2.18. The van der Waals surface area contributed by atoms with Gasteiger partial charge in [0, 0.05) is 0 Å². The van der Waals surface area contributed by atoms with Crippen LogP contribution >= 0.6 is 46.4 Å². The molecule has 0 aromatic heterocycles. The van der Waals surface area contributed by atoms with E-state index in [4.69, 9.17) is 46.4 Å². The van der Waals surface area contributed by atoms with Crippen LogP contribution in [0.5, 0.6) is 0 Å². The van der Waals surface area contributed by atoms with Crippen molar-refractivity contribution in [1.82, 2.24) is 0 Å². The summed E-state index contributed by atoms with van der Waals surface area (Å²) >= 11 is 19.3. The first-order chi connectivity index (χ1) is 3.89. The highest BCUT2D eigenvalue weighted by Gasteiger charge is 2.42. The Hall–Kier alpha value is 1.02. The molecular weight excluding hydrogens is 216 g/mol. The Morgan fingerprint density at radius 2 is 1.22 bits per heavy atom. The molecule has 0 bridgehead atoms. The molecule has 56 valence electrons. The van der Waals surface area contributed by atoms with E-state index in [0.29, 0.717) is 0 Å². The minimum Gasteiger partial charge on any atom is -0.226 e. The second-order valence-corrected chi connectivity index (χ2v) is 3.49. The first-order valence-corrected chi connectivity index (χ1v) is 3.46. The third kappa shape index (κ3) is 2.62. The monoisotopic (exact) mass is 216 g/mol.